The zero-order chi connectivity index (χ0) is 15.1. The van der Waals surface area contributed by atoms with Crippen molar-refractivity contribution in [3.63, 3.8) is 0 Å². The van der Waals surface area contributed by atoms with E-state index in [1.165, 1.54) is 0 Å². The van der Waals surface area contributed by atoms with Gasteiger partial charge in [0.15, 0.2) is 0 Å². The molecule has 1 atom stereocenters. The lowest BCUT2D eigenvalue weighted by molar-refractivity contribution is -0.192. The molecule has 0 spiro atoms. The van der Waals surface area contributed by atoms with Gasteiger partial charge in [-0.3, -0.25) is 9.69 Å². The molecular formula is C10H18F3NO4. The first-order chi connectivity index (χ1) is 7.89. The maximum absolute atomic E-state index is 10.6. The molecule has 8 heteroatoms. The number of carboxylic acids is 2. The summed E-state index contributed by atoms with van der Waals surface area (Å²) in [4.78, 5) is 21.3. The minimum Gasteiger partial charge on any atom is -0.480 e. The molecule has 0 radical (unpaired) electrons. The second-order valence-corrected chi connectivity index (χ2v) is 4.25. The summed E-state index contributed by atoms with van der Waals surface area (Å²) < 4.78 is 31.7. The van der Waals surface area contributed by atoms with E-state index >= 15 is 0 Å². The highest BCUT2D eigenvalue weighted by Gasteiger charge is 2.38. The molecule has 108 valence electrons. The molecule has 18 heavy (non-hydrogen) atoms. The first kappa shape index (κ1) is 19.0. The fourth-order valence-electron chi connectivity index (χ4n) is 0.979. The van der Waals surface area contributed by atoms with E-state index in [1.54, 1.807) is 19.0 Å². The van der Waals surface area contributed by atoms with Gasteiger partial charge in [0.05, 0.1) is 0 Å². The van der Waals surface area contributed by atoms with Crippen LogP contribution in [0.5, 0.6) is 0 Å². The van der Waals surface area contributed by atoms with E-state index in [0.29, 0.717) is 12.3 Å². The molecule has 0 rings (SSSR count). The molecule has 0 saturated heterocycles. The molecule has 0 aliphatic rings. The molecule has 0 aromatic heterocycles. The van der Waals surface area contributed by atoms with Gasteiger partial charge in [0.1, 0.15) is 6.04 Å². The monoisotopic (exact) mass is 273 g/mol. The van der Waals surface area contributed by atoms with E-state index in [9.17, 15) is 18.0 Å². The molecule has 5 nitrogen and oxygen atoms in total. The predicted molar refractivity (Wildman–Crippen MR) is 58.3 cm³/mol. The van der Waals surface area contributed by atoms with Crippen molar-refractivity contribution in [1.82, 2.24) is 4.90 Å². The third kappa shape index (κ3) is 9.88. The van der Waals surface area contributed by atoms with Gasteiger partial charge < -0.3 is 10.2 Å². The van der Waals surface area contributed by atoms with Gasteiger partial charge in [0.25, 0.3) is 0 Å². The minimum absolute atomic E-state index is 0.338. The molecule has 0 amide bonds. The Morgan fingerprint density at radius 1 is 1.17 bits per heavy atom. The van der Waals surface area contributed by atoms with Crippen LogP contribution < -0.4 is 0 Å². The lowest BCUT2D eigenvalue weighted by atomic mass is 10.0. The zero-order valence-corrected chi connectivity index (χ0v) is 10.7. The van der Waals surface area contributed by atoms with Crippen LogP contribution in [-0.2, 0) is 9.59 Å². The molecule has 0 bridgehead atoms. The van der Waals surface area contributed by atoms with Crippen LogP contribution in [0.2, 0.25) is 0 Å². The standard InChI is InChI=1S/C8H17NO2.C2HF3O2/c1-6(2)5-7(8(10)11)9(3)4;3-2(4,5)1(6)7/h6-7H,5H2,1-4H3,(H,10,11);(H,6,7)/t7-;/m0./s1. The molecule has 0 aromatic rings. The van der Waals surface area contributed by atoms with Crippen LogP contribution in [0.3, 0.4) is 0 Å². The van der Waals surface area contributed by atoms with Crippen LogP contribution in [0.15, 0.2) is 0 Å². The van der Waals surface area contributed by atoms with E-state index in [2.05, 4.69) is 0 Å². The average Bonchev–Trinajstić information content (AvgIpc) is 2.12. The summed E-state index contributed by atoms with van der Waals surface area (Å²) in [5, 5.41) is 15.9. The maximum Gasteiger partial charge on any atom is 0.490 e. The predicted octanol–water partition coefficient (Wildman–Crippen LogP) is 1.68. The molecule has 0 aromatic carbocycles. The number of alkyl halides is 3. The second-order valence-electron chi connectivity index (χ2n) is 4.25. The van der Waals surface area contributed by atoms with Gasteiger partial charge in [-0.25, -0.2) is 4.79 Å². The van der Waals surface area contributed by atoms with E-state index < -0.39 is 18.1 Å². The van der Waals surface area contributed by atoms with Crippen LogP contribution >= 0.6 is 0 Å². The minimum atomic E-state index is -5.08. The molecule has 0 aliphatic heterocycles. The summed E-state index contributed by atoms with van der Waals surface area (Å²) in [7, 11) is 3.59. The smallest absolute Gasteiger partial charge is 0.480 e. The fourth-order valence-corrected chi connectivity index (χ4v) is 0.979. The number of nitrogens with zero attached hydrogens (tertiary/aromatic N) is 1. The third-order valence-electron chi connectivity index (χ3n) is 1.85. The third-order valence-corrected chi connectivity index (χ3v) is 1.85. The van der Waals surface area contributed by atoms with Gasteiger partial charge in [0.2, 0.25) is 0 Å². The largest absolute Gasteiger partial charge is 0.490 e. The van der Waals surface area contributed by atoms with Crippen molar-refractivity contribution < 1.29 is 33.0 Å². The lowest BCUT2D eigenvalue weighted by Crippen LogP contribution is -2.36. The highest BCUT2D eigenvalue weighted by molar-refractivity contribution is 5.73. The van der Waals surface area contributed by atoms with E-state index in [-0.39, 0.29) is 6.04 Å². The molecular weight excluding hydrogens is 255 g/mol. The Morgan fingerprint density at radius 3 is 1.56 bits per heavy atom. The van der Waals surface area contributed by atoms with Crippen molar-refractivity contribution in [3.8, 4) is 0 Å². The van der Waals surface area contributed by atoms with Gasteiger partial charge in [-0.05, 0) is 26.4 Å². The summed E-state index contributed by atoms with van der Waals surface area (Å²) in [6.45, 7) is 4.05. The Hall–Kier alpha value is -1.31. The number of likely N-dealkylation sites (N-methyl/N-ethyl adjacent to an activating group) is 1. The Morgan fingerprint density at radius 2 is 1.50 bits per heavy atom. The Bertz CT molecular complexity index is 277. The lowest BCUT2D eigenvalue weighted by Gasteiger charge is -2.21. The number of halogens is 3. The number of hydrogen-bond acceptors (Lipinski definition) is 3. The molecule has 0 aliphatic carbocycles. The average molecular weight is 273 g/mol. The Kier molecular flexibility index (Phi) is 8.37. The van der Waals surface area contributed by atoms with Gasteiger partial charge in [-0.15, -0.1) is 0 Å². The summed E-state index contributed by atoms with van der Waals surface area (Å²) >= 11 is 0. The molecule has 0 fully saturated rings. The highest BCUT2D eigenvalue weighted by atomic mass is 19.4. The van der Waals surface area contributed by atoms with E-state index in [1.807, 2.05) is 13.8 Å². The summed E-state index contributed by atoms with van der Waals surface area (Å²) in [5.74, 6) is -3.06. The fraction of sp³-hybridized carbons (Fsp3) is 0.800. The first-order valence-electron chi connectivity index (χ1n) is 5.08. The molecule has 0 saturated carbocycles. The molecule has 0 heterocycles. The second kappa shape index (κ2) is 7.91. The van der Waals surface area contributed by atoms with Crippen molar-refractivity contribution in [2.45, 2.75) is 32.5 Å². The van der Waals surface area contributed by atoms with E-state index in [4.69, 9.17) is 15.0 Å². The van der Waals surface area contributed by atoms with Crippen LogP contribution in [0.4, 0.5) is 13.2 Å². The van der Waals surface area contributed by atoms with Crippen molar-refractivity contribution in [2.24, 2.45) is 5.92 Å². The van der Waals surface area contributed by atoms with Crippen molar-refractivity contribution >= 4 is 11.9 Å². The van der Waals surface area contributed by atoms with Gasteiger partial charge in [0, 0.05) is 0 Å². The Balaban J connectivity index is 0. The summed E-state index contributed by atoms with van der Waals surface area (Å²) in [5.41, 5.74) is 0. The van der Waals surface area contributed by atoms with E-state index in [0.717, 1.165) is 0 Å². The maximum atomic E-state index is 10.6. The SMILES string of the molecule is CC(C)C[C@@H](C(=O)O)N(C)C.O=C(O)C(F)(F)F. The number of rotatable bonds is 4. The van der Waals surface area contributed by atoms with Gasteiger partial charge in [-0.2, -0.15) is 13.2 Å². The van der Waals surface area contributed by atoms with Crippen LogP contribution in [0, 0.1) is 5.92 Å². The summed E-state index contributed by atoms with van der Waals surface area (Å²) in [6, 6.07) is -0.338. The van der Waals surface area contributed by atoms with Crippen LogP contribution in [0.1, 0.15) is 20.3 Å². The van der Waals surface area contributed by atoms with Gasteiger partial charge in [-0.1, -0.05) is 13.8 Å². The van der Waals surface area contributed by atoms with Crippen molar-refractivity contribution in [2.75, 3.05) is 14.1 Å². The van der Waals surface area contributed by atoms with Gasteiger partial charge >= 0.3 is 18.1 Å². The molecule has 0 unspecified atom stereocenters. The number of aliphatic carboxylic acids is 2. The zero-order valence-electron chi connectivity index (χ0n) is 10.7. The number of hydrogen-bond donors (Lipinski definition) is 2. The normalized spacial score (nSPS) is 12.9. The quantitative estimate of drug-likeness (QED) is 0.814. The van der Waals surface area contributed by atoms with Crippen LogP contribution in [0.25, 0.3) is 0 Å². The van der Waals surface area contributed by atoms with Crippen molar-refractivity contribution in [1.29, 1.82) is 0 Å². The Labute approximate surface area is 103 Å². The van der Waals surface area contributed by atoms with Crippen LogP contribution in [-0.4, -0.2) is 53.4 Å². The topological polar surface area (TPSA) is 77.8 Å². The van der Waals surface area contributed by atoms with Crippen molar-refractivity contribution in [3.05, 3.63) is 0 Å². The molecule has 2 N–H and O–H groups in total. The first-order valence-corrected chi connectivity index (χ1v) is 5.08. The number of carbonyl (C=O) groups is 2. The highest BCUT2D eigenvalue weighted by Crippen LogP contribution is 2.13. The summed E-state index contributed by atoms with van der Waals surface area (Å²) in [6.07, 6.45) is -4.37. The number of carboxylic acid groups (broad SMARTS) is 2.